The number of amides is 1. The molecule has 0 saturated carbocycles. The van der Waals surface area contributed by atoms with E-state index in [0.717, 1.165) is 25.7 Å². The van der Waals surface area contributed by atoms with E-state index >= 15 is 0 Å². The number of aliphatic hydroxyl groups is 1. The van der Waals surface area contributed by atoms with Crippen LogP contribution in [0.25, 0.3) is 0 Å². The van der Waals surface area contributed by atoms with Crippen molar-refractivity contribution in [2.45, 2.75) is 129 Å². The number of likely N-dealkylation sites (N-methyl/N-ethyl adjacent to an activating group) is 1. The minimum Gasteiger partial charge on any atom is -0.389 e. The maximum Gasteiger partial charge on any atom is 0.222 e. The third-order valence-corrected chi connectivity index (χ3v) is 5.61. The summed E-state index contributed by atoms with van der Waals surface area (Å²) in [6.45, 7) is 5.75. The van der Waals surface area contributed by atoms with Gasteiger partial charge in [0.1, 0.15) is 0 Å². The van der Waals surface area contributed by atoms with Crippen LogP contribution in [0.2, 0.25) is 0 Å². The summed E-state index contributed by atoms with van der Waals surface area (Å²) in [5.41, 5.74) is 0. The van der Waals surface area contributed by atoms with Gasteiger partial charge in [0.2, 0.25) is 5.91 Å². The smallest absolute Gasteiger partial charge is 0.222 e. The van der Waals surface area contributed by atoms with Crippen molar-refractivity contribution in [2.75, 3.05) is 26.8 Å². The molecule has 0 spiro atoms. The number of carbonyl (C=O) groups excluding carboxylic acids is 1. The van der Waals surface area contributed by atoms with E-state index in [2.05, 4.69) is 13.8 Å². The Hall–Kier alpha value is -0.610. The Morgan fingerprint density at radius 2 is 1.21 bits per heavy atom. The van der Waals surface area contributed by atoms with Crippen LogP contribution in [0.1, 0.15) is 123 Å². The zero-order valence-corrected chi connectivity index (χ0v) is 19.9. The number of unbranched alkanes of at least 4 members (excludes halogenated alkanes) is 14. The topological polar surface area (TPSA) is 49.8 Å². The third kappa shape index (κ3) is 20.4. The van der Waals surface area contributed by atoms with Gasteiger partial charge in [-0.1, -0.05) is 104 Å². The molecule has 0 fully saturated rings. The standard InChI is InChI=1S/C25H51NO3/c1-4-6-8-9-10-11-12-13-14-15-16-17-18-19-20-25(28)26(3)22-24(27)23-29-21-7-5-2/h24,27H,4-23H2,1-3H3. The van der Waals surface area contributed by atoms with Crippen LogP contribution >= 0.6 is 0 Å². The van der Waals surface area contributed by atoms with E-state index in [1.807, 2.05) is 0 Å². The van der Waals surface area contributed by atoms with E-state index in [-0.39, 0.29) is 5.91 Å². The summed E-state index contributed by atoms with van der Waals surface area (Å²) in [6, 6.07) is 0. The molecule has 174 valence electrons. The van der Waals surface area contributed by atoms with Gasteiger partial charge in [0.25, 0.3) is 0 Å². The first kappa shape index (κ1) is 28.4. The van der Waals surface area contributed by atoms with Gasteiger partial charge in [-0.3, -0.25) is 4.79 Å². The Kier molecular flexibility index (Phi) is 21.6. The molecule has 0 aliphatic rings. The van der Waals surface area contributed by atoms with Crippen molar-refractivity contribution in [3.05, 3.63) is 0 Å². The zero-order chi connectivity index (χ0) is 21.6. The van der Waals surface area contributed by atoms with Gasteiger partial charge in [0.15, 0.2) is 0 Å². The van der Waals surface area contributed by atoms with E-state index < -0.39 is 6.10 Å². The molecule has 4 heteroatoms. The van der Waals surface area contributed by atoms with Crippen LogP contribution < -0.4 is 0 Å². The Morgan fingerprint density at radius 1 is 0.759 bits per heavy atom. The highest BCUT2D eigenvalue weighted by molar-refractivity contribution is 5.75. The first-order chi connectivity index (χ1) is 14.1. The van der Waals surface area contributed by atoms with E-state index in [9.17, 15) is 9.90 Å². The predicted octanol–water partition coefficient (Wildman–Crippen LogP) is 6.49. The lowest BCUT2D eigenvalue weighted by atomic mass is 10.0. The van der Waals surface area contributed by atoms with Crippen LogP contribution in [0.15, 0.2) is 0 Å². The van der Waals surface area contributed by atoms with Gasteiger partial charge in [-0.05, 0) is 12.8 Å². The number of hydrogen-bond acceptors (Lipinski definition) is 3. The van der Waals surface area contributed by atoms with Gasteiger partial charge in [0.05, 0.1) is 12.7 Å². The Labute approximate surface area is 181 Å². The molecule has 0 rings (SSSR count). The molecule has 0 saturated heterocycles. The van der Waals surface area contributed by atoms with Crippen LogP contribution in [-0.4, -0.2) is 48.8 Å². The third-order valence-electron chi connectivity index (χ3n) is 5.61. The van der Waals surface area contributed by atoms with Gasteiger partial charge in [-0.15, -0.1) is 0 Å². The summed E-state index contributed by atoms with van der Waals surface area (Å²) in [5, 5.41) is 9.94. The molecule has 0 bridgehead atoms. The summed E-state index contributed by atoms with van der Waals surface area (Å²) in [6.07, 6.45) is 20.7. The second kappa shape index (κ2) is 22.1. The maximum atomic E-state index is 12.1. The molecular formula is C25H51NO3. The van der Waals surface area contributed by atoms with Crippen LogP contribution in [0.4, 0.5) is 0 Å². The number of carbonyl (C=O) groups is 1. The number of aliphatic hydroxyl groups excluding tert-OH is 1. The van der Waals surface area contributed by atoms with Crippen molar-refractivity contribution in [2.24, 2.45) is 0 Å². The van der Waals surface area contributed by atoms with Crippen molar-refractivity contribution in [3.63, 3.8) is 0 Å². The van der Waals surface area contributed by atoms with Crippen LogP contribution in [-0.2, 0) is 9.53 Å². The summed E-state index contributed by atoms with van der Waals surface area (Å²) in [5.74, 6) is 0.136. The van der Waals surface area contributed by atoms with E-state index in [0.29, 0.717) is 26.2 Å². The lowest BCUT2D eigenvalue weighted by molar-refractivity contribution is -0.131. The summed E-state index contributed by atoms with van der Waals surface area (Å²) < 4.78 is 5.42. The minimum absolute atomic E-state index is 0.136. The molecule has 0 heterocycles. The molecule has 0 aliphatic heterocycles. The molecule has 0 aromatic heterocycles. The van der Waals surface area contributed by atoms with Crippen LogP contribution in [0.5, 0.6) is 0 Å². The lowest BCUT2D eigenvalue weighted by Crippen LogP contribution is -2.36. The average Bonchev–Trinajstić information content (AvgIpc) is 2.71. The van der Waals surface area contributed by atoms with Gasteiger partial charge in [0, 0.05) is 26.6 Å². The van der Waals surface area contributed by atoms with Gasteiger partial charge < -0.3 is 14.7 Å². The molecule has 0 aliphatic carbocycles. The van der Waals surface area contributed by atoms with Crippen molar-refractivity contribution in [1.29, 1.82) is 0 Å². The summed E-state index contributed by atoms with van der Waals surface area (Å²) in [4.78, 5) is 13.8. The summed E-state index contributed by atoms with van der Waals surface area (Å²) >= 11 is 0. The molecule has 4 nitrogen and oxygen atoms in total. The summed E-state index contributed by atoms with van der Waals surface area (Å²) in [7, 11) is 1.78. The number of rotatable bonds is 22. The molecule has 1 amide bonds. The van der Waals surface area contributed by atoms with Gasteiger partial charge in [-0.2, -0.15) is 0 Å². The average molecular weight is 414 g/mol. The van der Waals surface area contributed by atoms with Crippen molar-refractivity contribution in [3.8, 4) is 0 Å². The Bertz CT molecular complexity index is 349. The highest BCUT2D eigenvalue weighted by atomic mass is 16.5. The highest BCUT2D eigenvalue weighted by Gasteiger charge is 2.13. The second-order valence-corrected chi connectivity index (χ2v) is 8.70. The predicted molar refractivity (Wildman–Crippen MR) is 124 cm³/mol. The Morgan fingerprint density at radius 3 is 1.69 bits per heavy atom. The largest absolute Gasteiger partial charge is 0.389 e. The SMILES string of the molecule is CCCCCCCCCCCCCCCCC(=O)N(C)CC(O)COCCCC. The van der Waals surface area contributed by atoms with Crippen molar-refractivity contribution in [1.82, 2.24) is 4.90 Å². The fourth-order valence-electron chi connectivity index (χ4n) is 3.60. The number of ether oxygens (including phenoxy) is 1. The van der Waals surface area contributed by atoms with E-state index in [1.165, 1.54) is 77.0 Å². The van der Waals surface area contributed by atoms with Gasteiger partial charge >= 0.3 is 0 Å². The molecular weight excluding hydrogens is 362 g/mol. The van der Waals surface area contributed by atoms with Crippen molar-refractivity contribution >= 4 is 5.91 Å². The molecule has 1 N–H and O–H groups in total. The minimum atomic E-state index is -0.586. The lowest BCUT2D eigenvalue weighted by Gasteiger charge is -2.21. The molecule has 0 radical (unpaired) electrons. The molecule has 0 aromatic rings. The fourth-order valence-corrected chi connectivity index (χ4v) is 3.60. The number of nitrogens with zero attached hydrogens (tertiary/aromatic N) is 1. The normalized spacial score (nSPS) is 12.3. The van der Waals surface area contributed by atoms with Crippen LogP contribution in [0.3, 0.4) is 0 Å². The van der Waals surface area contributed by atoms with E-state index in [1.54, 1.807) is 11.9 Å². The van der Waals surface area contributed by atoms with Crippen molar-refractivity contribution < 1.29 is 14.6 Å². The second-order valence-electron chi connectivity index (χ2n) is 8.70. The maximum absolute atomic E-state index is 12.1. The highest BCUT2D eigenvalue weighted by Crippen LogP contribution is 2.13. The fraction of sp³-hybridized carbons (Fsp3) is 0.960. The van der Waals surface area contributed by atoms with E-state index in [4.69, 9.17) is 4.74 Å². The first-order valence-electron chi connectivity index (χ1n) is 12.6. The Balaban J connectivity index is 3.39. The van der Waals surface area contributed by atoms with Gasteiger partial charge in [-0.25, -0.2) is 0 Å². The molecule has 0 aromatic carbocycles. The van der Waals surface area contributed by atoms with Crippen LogP contribution in [0, 0.1) is 0 Å². The monoisotopic (exact) mass is 413 g/mol. The molecule has 1 unspecified atom stereocenters. The molecule has 29 heavy (non-hydrogen) atoms. The zero-order valence-electron chi connectivity index (χ0n) is 19.9. The number of hydrogen-bond donors (Lipinski definition) is 1. The molecule has 1 atom stereocenters. The quantitative estimate of drug-likeness (QED) is 0.206. The first-order valence-corrected chi connectivity index (χ1v) is 12.6.